The largest absolute Gasteiger partial charge is 0.353 e. The van der Waals surface area contributed by atoms with Gasteiger partial charge < -0.3 is 14.7 Å². The maximum atomic E-state index is 13.1. The molecular formula is C21H27N7O2S. The van der Waals surface area contributed by atoms with Gasteiger partial charge in [-0.2, -0.15) is 4.52 Å². The third-order valence-electron chi connectivity index (χ3n) is 5.30. The molecule has 3 aromatic heterocycles. The van der Waals surface area contributed by atoms with Gasteiger partial charge in [-0.3, -0.25) is 9.59 Å². The molecule has 0 aromatic carbocycles. The summed E-state index contributed by atoms with van der Waals surface area (Å²) < 4.78 is 1.27. The number of hydrogen-bond acceptors (Lipinski definition) is 8. The number of fused-ring (bicyclic) bond motifs is 1. The SMILES string of the molecule is CCCN(CCC)c1nn2c(=O)c(C(=O)N3CCN(c4ccccn4)CC3)cnc2s1. The van der Waals surface area contributed by atoms with Crippen molar-refractivity contribution in [2.24, 2.45) is 0 Å². The van der Waals surface area contributed by atoms with Gasteiger partial charge in [0.15, 0.2) is 0 Å². The topological polar surface area (TPSA) is 86.9 Å². The summed E-state index contributed by atoms with van der Waals surface area (Å²) in [7, 11) is 0. The van der Waals surface area contributed by atoms with Crippen molar-refractivity contribution in [3.8, 4) is 0 Å². The first kappa shape index (κ1) is 21.2. The summed E-state index contributed by atoms with van der Waals surface area (Å²) in [6.45, 7) is 8.37. The molecule has 0 bridgehead atoms. The first-order valence-corrected chi connectivity index (χ1v) is 11.5. The van der Waals surface area contributed by atoms with E-state index in [0.29, 0.717) is 31.1 Å². The van der Waals surface area contributed by atoms with E-state index in [1.165, 1.54) is 22.0 Å². The molecule has 164 valence electrons. The van der Waals surface area contributed by atoms with Crippen LogP contribution in [0, 0.1) is 0 Å². The van der Waals surface area contributed by atoms with E-state index in [0.717, 1.165) is 36.9 Å². The third kappa shape index (κ3) is 4.39. The molecule has 1 amide bonds. The average Bonchev–Trinajstić information content (AvgIpc) is 3.25. The third-order valence-corrected chi connectivity index (χ3v) is 6.29. The normalized spacial score (nSPS) is 14.3. The van der Waals surface area contributed by atoms with Gasteiger partial charge in [0.05, 0.1) is 0 Å². The van der Waals surface area contributed by atoms with Crippen LogP contribution in [0.15, 0.2) is 35.4 Å². The Morgan fingerprint density at radius 3 is 2.48 bits per heavy atom. The second-order valence-electron chi connectivity index (χ2n) is 7.51. The zero-order valence-electron chi connectivity index (χ0n) is 17.9. The highest BCUT2D eigenvalue weighted by molar-refractivity contribution is 7.20. The summed E-state index contributed by atoms with van der Waals surface area (Å²) in [5.74, 6) is 0.609. The Morgan fingerprint density at radius 1 is 1.10 bits per heavy atom. The molecule has 1 fully saturated rings. The first-order chi connectivity index (χ1) is 15.1. The van der Waals surface area contributed by atoms with Gasteiger partial charge in [-0.15, -0.1) is 5.10 Å². The Balaban J connectivity index is 1.52. The van der Waals surface area contributed by atoms with Crippen LogP contribution in [0.5, 0.6) is 0 Å². The van der Waals surface area contributed by atoms with Crippen LogP contribution in [0.25, 0.3) is 4.96 Å². The van der Waals surface area contributed by atoms with Gasteiger partial charge in [0, 0.05) is 51.7 Å². The number of carbonyl (C=O) groups is 1. The fourth-order valence-electron chi connectivity index (χ4n) is 3.74. The number of pyridine rings is 1. The maximum absolute atomic E-state index is 13.1. The van der Waals surface area contributed by atoms with Crippen LogP contribution in [0.2, 0.25) is 0 Å². The second kappa shape index (κ2) is 9.42. The van der Waals surface area contributed by atoms with Crippen molar-refractivity contribution in [3.63, 3.8) is 0 Å². The predicted octanol–water partition coefficient (Wildman–Crippen LogP) is 2.13. The monoisotopic (exact) mass is 441 g/mol. The number of amides is 1. The fourth-order valence-corrected chi connectivity index (χ4v) is 4.66. The summed E-state index contributed by atoms with van der Waals surface area (Å²) in [5, 5.41) is 5.25. The highest BCUT2D eigenvalue weighted by Gasteiger charge is 2.26. The fraction of sp³-hybridized carbons (Fsp3) is 0.476. The summed E-state index contributed by atoms with van der Waals surface area (Å²) >= 11 is 1.38. The molecule has 3 aromatic rings. The first-order valence-electron chi connectivity index (χ1n) is 10.7. The van der Waals surface area contributed by atoms with Gasteiger partial charge in [-0.25, -0.2) is 9.97 Å². The predicted molar refractivity (Wildman–Crippen MR) is 122 cm³/mol. The lowest BCUT2D eigenvalue weighted by Gasteiger charge is -2.35. The molecule has 4 heterocycles. The number of piperazine rings is 1. The Morgan fingerprint density at radius 2 is 1.84 bits per heavy atom. The number of hydrogen-bond donors (Lipinski definition) is 0. The zero-order valence-corrected chi connectivity index (χ0v) is 18.7. The summed E-state index contributed by atoms with van der Waals surface area (Å²) in [6.07, 6.45) is 5.15. The Labute approximate surface area is 184 Å². The van der Waals surface area contributed by atoms with E-state index in [1.54, 1.807) is 11.1 Å². The molecular weight excluding hydrogens is 414 g/mol. The van der Waals surface area contributed by atoms with E-state index in [9.17, 15) is 9.59 Å². The van der Waals surface area contributed by atoms with Crippen molar-refractivity contribution in [1.29, 1.82) is 0 Å². The van der Waals surface area contributed by atoms with Gasteiger partial charge in [0.1, 0.15) is 11.4 Å². The number of nitrogens with zero attached hydrogens (tertiary/aromatic N) is 7. The lowest BCUT2D eigenvalue weighted by Crippen LogP contribution is -2.50. The van der Waals surface area contributed by atoms with Crippen molar-refractivity contribution >= 4 is 33.2 Å². The molecule has 0 N–H and O–H groups in total. The minimum absolute atomic E-state index is 0.0677. The number of anilines is 2. The minimum atomic E-state index is -0.405. The van der Waals surface area contributed by atoms with E-state index < -0.39 is 5.56 Å². The van der Waals surface area contributed by atoms with Crippen molar-refractivity contribution in [3.05, 3.63) is 46.5 Å². The molecule has 1 saturated heterocycles. The van der Waals surface area contributed by atoms with Crippen molar-refractivity contribution in [1.82, 2.24) is 24.5 Å². The molecule has 0 radical (unpaired) electrons. The molecule has 0 unspecified atom stereocenters. The van der Waals surface area contributed by atoms with Crippen LogP contribution in [-0.2, 0) is 0 Å². The maximum Gasteiger partial charge on any atom is 0.288 e. The smallest absolute Gasteiger partial charge is 0.288 e. The van der Waals surface area contributed by atoms with Crippen LogP contribution in [0.4, 0.5) is 10.9 Å². The minimum Gasteiger partial charge on any atom is -0.353 e. The Bertz CT molecular complexity index is 1080. The molecule has 0 aliphatic carbocycles. The van der Waals surface area contributed by atoms with Gasteiger partial charge in [-0.05, 0) is 25.0 Å². The van der Waals surface area contributed by atoms with Crippen molar-refractivity contribution in [2.45, 2.75) is 26.7 Å². The Kier molecular flexibility index (Phi) is 6.45. The van der Waals surface area contributed by atoms with Crippen LogP contribution in [-0.4, -0.2) is 69.7 Å². The molecule has 9 nitrogen and oxygen atoms in total. The number of rotatable bonds is 7. The molecule has 4 rings (SSSR count). The van der Waals surface area contributed by atoms with Gasteiger partial charge >= 0.3 is 0 Å². The van der Waals surface area contributed by atoms with Gasteiger partial charge in [0.2, 0.25) is 10.1 Å². The van der Waals surface area contributed by atoms with Gasteiger partial charge in [-0.1, -0.05) is 31.3 Å². The molecule has 0 spiro atoms. The van der Waals surface area contributed by atoms with Crippen LogP contribution >= 0.6 is 11.3 Å². The standard InChI is InChI=1S/C21H27N7O2S/c1-3-9-27(10-4-2)21-24-28-19(30)16(15-23-20(28)31-21)18(29)26-13-11-25(12-14-26)17-7-5-6-8-22-17/h5-8,15H,3-4,9-14H2,1-2H3. The molecule has 0 atom stereocenters. The number of carbonyl (C=O) groups excluding carboxylic acids is 1. The van der Waals surface area contributed by atoms with E-state index in [4.69, 9.17) is 0 Å². The lowest BCUT2D eigenvalue weighted by molar-refractivity contribution is 0.0744. The quantitative estimate of drug-likeness (QED) is 0.555. The van der Waals surface area contributed by atoms with Crippen LogP contribution in [0.3, 0.4) is 0 Å². The molecule has 10 heteroatoms. The second-order valence-corrected chi connectivity index (χ2v) is 8.44. The van der Waals surface area contributed by atoms with Crippen LogP contribution in [0.1, 0.15) is 37.0 Å². The lowest BCUT2D eigenvalue weighted by atomic mass is 10.2. The summed E-state index contributed by atoms with van der Waals surface area (Å²) in [6, 6.07) is 5.79. The van der Waals surface area contributed by atoms with Crippen molar-refractivity contribution < 1.29 is 4.79 Å². The van der Waals surface area contributed by atoms with Crippen LogP contribution < -0.4 is 15.4 Å². The van der Waals surface area contributed by atoms with E-state index in [2.05, 4.69) is 38.7 Å². The molecule has 0 saturated carbocycles. The summed E-state index contributed by atoms with van der Waals surface area (Å²) in [4.78, 5) is 41.3. The van der Waals surface area contributed by atoms with E-state index in [1.807, 2.05) is 18.2 Å². The van der Waals surface area contributed by atoms with E-state index >= 15 is 0 Å². The molecule has 31 heavy (non-hydrogen) atoms. The average molecular weight is 442 g/mol. The van der Waals surface area contributed by atoms with Gasteiger partial charge in [0.25, 0.3) is 11.5 Å². The van der Waals surface area contributed by atoms with Crippen molar-refractivity contribution in [2.75, 3.05) is 49.1 Å². The highest BCUT2D eigenvalue weighted by Crippen LogP contribution is 2.22. The molecule has 1 aliphatic heterocycles. The summed E-state index contributed by atoms with van der Waals surface area (Å²) in [5.41, 5.74) is -0.337. The highest BCUT2D eigenvalue weighted by atomic mass is 32.1. The van der Waals surface area contributed by atoms with E-state index in [-0.39, 0.29) is 11.5 Å². The number of aromatic nitrogens is 4. The Hall–Kier alpha value is -3.01. The molecule has 1 aliphatic rings. The zero-order chi connectivity index (χ0) is 21.8.